The van der Waals surface area contributed by atoms with Crippen LogP contribution in [0, 0.1) is 5.92 Å². The maximum absolute atomic E-state index is 11.5. The van der Waals surface area contributed by atoms with Crippen molar-refractivity contribution in [3.8, 4) is 0 Å². The van der Waals surface area contributed by atoms with E-state index in [0.717, 1.165) is 25.7 Å². The minimum atomic E-state index is 0.191. The highest BCUT2D eigenvalue weighted by Crippen LogP contribution is 2.29. The van der Waals surface area contributed by atoms with Crippen LogP contribution in [0.5, 0.6) is 0 Å². The Hall–Kier alpha value is -1.35. The van der Waals surface area contributed by atoms with E-state index < -0.39 is 0 Å². The minimum absolute atomic E-state index is 0.191. The van der Waals surface area contributed by atoms with Gasteiger partial charge in [0.1, 0.15) is 0 Å². The molecule has 1 aromatic rings. The van der Waals surface area contributed by atoms with Crippen molar-refractivity contribution in [2.75, 3.05) is 13.2 Å². The topological polar surface area (TPSA) is 49.3 Å². The van der Waals surface area contributed by atoms with E-state index in [0.29, 0.717) is 12.5 Å². The van der Waals surface area contributed by atoms with E-state index in [-0.39, 0.29) is 18.4 Å². The van der Waals surface area contributed by atoms with E-state index in [1.54, 1.807) is 0 Å². The molecule has 0 heterocycles. The molecule has 2 N–H and O–H groups in total. The SMILES string of the molecule is O=C(NCC[C@@H](CCO)c1ccccc1)C1CC1. The van der Waals surface area contributed by atoms with E-state index in [2.05, 4.69) is 17.4 Å². The van der Waals surface area contributed by atoms with Crippen molar-refractivity contribution in [3.63, 3.8) is 0 Å². The Kier molecular flexibility index (Phi) is 4.76. The van der Waals surface area contributed by atoms with Crippen LogP contribution in [0.4, 0.5) is 0 Å². The molecular formula is C15H21NO2. The lowest BCUT2D eigenvalue weighted by Crippen LogP contribution is -2.27. The van der Waals surface area contributed by atoms with Gasteiger partial charge in [-0.25, -0.2) is 0 Å². The number of aliphatic hydroxyl groups excluding tert-OH is 1. The van der Waals surface area contributed by atoms with Gasteiger partial charge in [0.15, 0.2) is 0 Å². The normalized spacial score (nSPS) is 16.3. The first kappa shape index (κ1) is 13.1. The molecule has 0 unspecified atom stereocenters. The Labute approximate surface area is 108 Å². The number of hydrogen-bond acceptors (Lipinski definition) is 2. The number of aliphatic hydroxyl groups is 1. The number of amides is 1. The molecule has 0 spiro atoms. The predicted octanol–water partition coefficient (Wildman–Crippen LogP) is 2.07. The first-order valence-electron chi connectivity index (χ1n) is 6.74. The molecule has 0 bridgehead atoms. The second-order valence-electron chi connectivity index (χ2n) is 4.97. The van der Waals surface area contributed by atoms with E-state index in [9.17, 15) is 4.79 Å². The van der Waals surface area contributed by atoms with Crippen LogP contribution in [0.2, 0.25) is 0 Å². The van der Waals surface area contributed by atoms with Crippen molar-refractivity contribution in [2.24, 2.45) is 5.92 Å². The number of carbonyl (C=O) groups excluding carboxylic acids is 1. The number of benzene rings is 1. The zero-order chi connectivity index (χ0) is 12.8. The molecule has 3 heteroatoms. The average Bonchev–Trinajstić information content (AvgIpc) is 3.23. The van der Waals surface area contributed by atoms with E-state index >= 15 is 0 Å². The summed E-state index contributed by atoms with van der Waals surface area (Å²) in [5.74, 6) is 0.805. The molecule has 1 atom stereocenters. The fourth-order valence-corrected chi connectivity index (χ4v) is 2.22. The summed E-state index contributed by atoms with van der Waals surface area (Å²) < 4.78 is 0. The molecule has 3 nitrogen and oxygen atoms in total. The highest BCUT2D eigenvalue weighted by Gasteiger charge is 2.29. The van der Waals surface area contributed by atoms with Crippen molar-refractivity contribution < 1.29 is 9.90 Å². The maximum Gasteiger partial charge on any atom is 0.223 e. The van der Waals surface area contributed by atoms with E-state index in [1.165, 1.54) is 5.56 Å². The Morgan fingerprint density at radius 2 is 2.00 bits per heavy atom. The average molecular weight is 247 g/mol. The predicted molar refractivity (Wildman–Crippen MR) is 71.2 cm³/mol. The van der Waals surface area contributed by atoms with Gasteiger partial charge in [-0.1, -0.05) is 30.3 Å². The minimum Gasteiger partial charge on any atom is -0.396 e. The molecule has 1 aliphatic rings. The fraction of sp³-hybridized carbons (Fsp3) is 0.533. The number of carbonyl (C=O) groups is 1. The smallest absolute Gasteiger partial charge is 0.223 e. The molecule has 2 rings (SSSR count). The third kappa shape index (κ3) is 3.84. The highest BCUT2D eigenvalue weighted by molar-refractivity contribution is 5.80. The summed E-state index contributed by atoms with van der Waals surface area (Å²) >= 11 is 0. The van der Waals surface area contributed by atoms with Crippen LogP contribution >= 0.6 is 0 Å². The third-order valence-electron chi connectivity index (χ3n) is 3.49. The van der Waals surface area contributed by atoms with Crippen LogP contribution in [0.3, 0.4) is 0 Å². The van der Waals surface area contributed by atoms with Gasteiger partial charge in [0, 0.05) is 19.1 Å². The molecule has 98 valence electrons. The van der Waals surface area contributed by atoms with Gasteiger partial charge in [-0.05, 0) is 37.2 Å². The molecule has 1 saturated carbocycles. The summed E-state index contributed by atoms with van der Waals surface area (Å²) in [6, 6.07) is 10.2. The van der Waals surface area contributed by atoms with Crippen molar-refractivity contribution in [1.29, 1.82) is 0 Å². The third-order valence-corrected chi connectivity index (χ3v) is 3.49. The first-order chi connectivity index (χ1) is 8.81. The quantitative estimate of drug-likeness (QED) is 0.775. The zero-order valence-corrected chi connectivity index (χ0v) is 10.6. The zero-order valence-electron chi connectivity index (χ0n) is 10.6. The molecular weight excluding hydrogens is 226 g/mol. The summed E-state index contributed by atoms with van der Waals surface area (Å²) in [6.45, 7) is 0.894. The van der Waals surface area contributed by atoms with Gasteiger partial charge in [-0.2, -0.15) is 0 Å². The van der Waals surface area contributed by atoms with Gasteiger partial charge < -0.3 is 10.4 Å². The van der Waals surface area contributed by atoms with Crippen molar-refractivity contribution in [2.45, 2.75) is 31.6 Å². The van der Waals surface area contributed by atoms with Crippen LogP contribution in [0.1, 0.15) is 37.2 Å². The molecule has 18 heavy (non-hydrogen) atoms. The monoisotopic (exact) mass is 247 g/mol. The molecule has 0 radical (unpaired) electrons. The highest BCUT2D eigenvalue weighted by atomic mass is 16.3. The summed E-state index contributed by atoms with van der Waals surface area (Å²) in [5.41, 5.74) is 1.24. The largest absolute Gasteiger partial charge is 0.396 e. The Balaban J connectivity index is 1.80. The number of nitrogens with one attached hydrogen (secondary N) is 1. The van der Waals surface area contributed by atoms with Gasteiger partial charge in [-0.3, -0.25) is 4.79 Å². The molecule has 1 aliphatic carbocycles. The summed E-state index contributed by atoms with van der Waals surface area (Å²) in [7, 11) is 0. The lowest BCUT2D eigenvalue weighted by molar-refractivity contribution is -0.122. The molecule has 0 aliphatic heterocycles. The van der Waals surface area contributed by atoms with Gasteiger partial charge in [-0.15, -0.1) is 0 Å². The lowest BCUT2D eigenvalue weighted by atomic mass is 9.93. The molecule has 0 aromatic heterocycles. The van der Waals surface area contributed by atoms with Gasteiger partial charge in [0.25, 0.3) is 0 Å². The van der Waals surface area contributed by atoms with Crippen LogP contribution in [-0.2, 0) is 4.79 Å². The summed E-state index contributed by atoms with van der Waals surface area (Å²) in [4.78, 5) is 11.5. The molecule has 1 fully saturated rings. The fourth-order valence-electron chi connectivity index (χ4n) is 2.22. The van der Waals surface area contributed by atoms with E-state index in [4.69, 9.17) is 5.11 Å². The van der Waals surface area contributed by atoms with Gasteiger partial charge >= 0.3 is 0 Å². The van der Waals surface area contributed by atoms with E-state index in [1.807, 2.05) is 18.2 Å². The standard InChI is InChI=1S/C15H21NO2/c17-11-9-13(12-4-2-1-3-5-12)8-10-16-15(18)14-6-7-14/h1-5,13-14,17H,6-11H2,(H,16,18)/t13-/m0/s1. The summed E-state index contributed by atoms with van der Waals surface area (Å²) in [6.07, 6.45) is 3.74. The second-order valence-corrected chi connectivity index (χ2v) is 4.97. The van der Waals surface area contributed by atoms with Gasteiger partial charge in [0.2, 0.25) is 5.91 Å². The second kappa shape index (κ2) is 6.55. The molecule has 0 saturated heterocycles. The van der Waals surface area contributed by atoms with Crippen LogP contribution in [-0.4, -0.2) is 24.2 Å². The molecule has 1 amide bonds. The maximum atomic E-state index is 11.5. The van der Waals surface area contributed by atoms with Crippen molar-refractivity contribution in [1.82, 2.24) is 5.32 Å². The van der Waals surface area contributed by atoms with Crippen molar-refractivity contribution >= 4 is 5.91 Å². The lowest BCUT2D eigenvalue weighted by Gasteiger charge is -2.16. The number of hydrogen-bond donors (Lipinski definition) is 2. The Bertz CT molecular complexity index is 373. The van der Waals surface area contributed by atoms with Crippen LogP contribution < -0.4 is 5.32 Å². The Morgan fingerprint density at radius 1 is 1.28 bits per heavy atom. The van der Waals surface area contributed by atoms with Crippen molar-refractivity contribution in [3.05, 3.63) is 35.9 Å². The summed E-state index contributed by atoms with van der Waals surface area (Å²) in [5, 5.41) is 12.1. The molecule has 1 aromatic carbocycles. The van der Waals surface area contributed by atoms with Crippen LogP contribution in [0.15, 0.2) is 30.3 Å². The van der Waals surface area contributed by atoms with Gasteiger partial charge in [0.05, 0.1) is 0 Å². The number of rotatable bonds is 7. The first-order valence-corrected chi connectivity index (χ1v) is 6.74. The van der Waals surface area contributed by atoms with Crippen LogP contribution in [0.25, 0.3) is 0 Å². The Morgan fingerprint density at radius 3 is 2.61 bits per heavy atom.